The van der Waals surface area contributed by atoms with E-state index in [4.69, 9.17) is 11.6 Å². The average molecular weight is 392 g/mol. The number of nitrogens with zero attached hydrogens (tertiary/aromatic N) is 3. The number of hydrogen-bond acceptors (Lipinski definition) is 4. The van der Waals surface area contributed by atoms with Crippen LogP contribution in [-0.2, 0) is 4.79 Å². The summed E-state index contributed by atoms with van der Waals surface area (Å²) in [6.45, 7) is 0. The molecular formula is C21H14ClN3OS. The van der Waals surface area contributed by atoms with Gasteiger partial charge in [-0.1, -0.05) is 59.8 Å². The number of halogens is 1. The van der Waals surface area contributed by atoms with Crippen molar-refractivity contribution in [2.45, 2.75) is 9.79 Å². The van der Waals surface area contributed by atoms with E-state index in [1.165, 1.54) is 6.21 Å². The van der Waals surface area contributed by atoms with Gasteiger partial charge in [0.15, 0.2) is 0 Å². The van der Waals surface area contributed by atoms with E-state index in [0.29, 0.717) is 5.02 Å². The molecule has 132 valence electrons. The fraction of sp³-hybridized carbons (Fsp3) is 0. The van der Waals surface area contributed by atoms with Crippen LogP contribution in [0.4, 0.5) is 11.4 Å². The van der Waals surface area contributed by atoms with Gasteiger partial charge in [0.05, 0.1) is 17.6 Å². The number of carbonyl (C=O) groups excluding carboxylic acids is 1. The molecule has 0 N–H and O–H groups in total. The van der Waals surface area contributed by atoms with Gasteiger partial charge in [0, 0.05) is 14.8 Å². The van der Waals surface area contributed by atoms with Gasteiger partial charge in [0.1, 0.15) is 6.21 Å². The molecule has 4 rings (SSSR count). The second-order valence-corrected chi connectivity index (χ2v) is 7.28. The summed E-state index contributed by atoms with van der Waals surface area (Å²) in [4.78, 5) is 16.6. The number of fused-ring (bicyclic) bond motifs is 2. The third-order valence-electron chi connectivity index (χ3n) is 3.94. The van der Waals surface area contributed by atoms with E-state index in [9.17, 15) is 4.79 Å². The summed E-state index contributed by atoms with van der Waals surface area (Å²) >= 11 is 7.59. The van der Waals surface area contributed by atoms with Crippen molar-refractivity contribution < 1.29 is 4.79 Å². The van der Waals surface area contributed by atoms with Crippen LogP contribution in [0, 0.1) is 0 Å². The van der Waals surface area contributed by atoms with Gasteiger partial charge in [-0.25, -0.2) is 0 Å². The van der Waals surface area contributed by atoms with Crippen LogP contribution in [0.3, 0.4) is 0 Å². The molecule has 1 aliphatic rings. The van der Waals surface area contributed by atoms with Gasteiger partial charge >= 0.3 is 0 Å². The van der Waals surface area contributed by atoms with Crippen LogP contribution in [0.1, 0.15) is 5.56 Å². The van der Waals surface area contributed by atoms with E-state index >= 15 is 0 Å². The highest BCUT2D eigenvalue weighted by atomic mass is 35.5. The minimum absolute atomic E-state index is 0.251. The molecular weight excluding hydrogens is 378 g/mol. The quantitative estimate of drug-likeness (QED) is 0.432. The lowest BCUT2D eigenvalue weighted by atomic mass is 10.2. The van der Waals surface area contributed by atoms with Crippen LogP contribution in [0.25, 0.3) is 0 Å². The lowest BCUT2D eigenvalue weighted by Crippen LogP contribution is -2.29. The van der Waals surface area contributed by atoms with Crippen molar-refractivity contribution in [3.8, 4) is 0 Å². The molecule has 1 amide bonds. The number of benzene rings is 3. The lowest BCUT2D eigenvalue weighted by molar-refractivity contribution is -0.111. The molecule has 0 spiro atoms. The number of hydrogen-bond donors (Lipinski definition) is 0. The fourth-order valence-electron chi connectivity index (χ4n) is 2.77. The Morgan fingerprint density at radius 1 is 0.889 bits per heavy atom. The van der Waals surface area contributed by atoms with Crippen LogP contribution >= 0.6 is 23.4 Å². The first kappa shape index (κ1) is 17.5. The Balaban J connectivity index is 1.60. The Hall–Kier alpha value is -2.89. The predicted octanol–water partition coefficient (Wildman–Crippen LogP) is 5.57. The summed E-state index contributed by atoms with van der Waals surface area (Å²) in [7, 11) is 0. The summed E-state index contributed by atoms with van der Waals surface area (Å²) in [6, 6.07) is 22.9. The number of carbonyl (C=O) groups is 1. The molecule has 0 bridgehead atoms. The van der Waals surface area contributed by atoms with Crippen molar-refractivity contribution in [2.24, 2.45) is 10.2 Å². The summed E-state index contributed by atoms with van der Waals surface area (Å²) < 4.78 is 0. The van der Waals surface area contributed by atoms with Crippen LogP contribution in [0.5, 0.6) is 0 Å². The first-order valence-electron chi connectivity index (χ1n) is 8.24. The molecule has 4 nitrogen and oxygen atoms in total. The first-order valence-corrected chi connectivity index (χ1v) is 9.44. The van der Waals surface area contributed by atoms with E-state index in [1.807, 2.05) is 60.7 Å². The summed E-state index contributed by atoms with van der Waals surface area (Å²) in [5.74, 6) is -0.251. The van der Waals surface area contributed by atoms with Gasteiger partial charge in [0.2, 0.25) is 0 Å². The first-order chi connectivity index (χ1) is 13.2. The molecule has 0 radical (unpaired) electrons. The molecule has 1 aliphatic heterocycles. The Kier molecular flexibility index (Phi) is 5.05. The summed E-state index contributed by atoms with van der Waals surface area (Å²) in [5.41, 5.74) is 2.50. The highest BCUT2D eigenvalue weighted by Gasteiger charge is 2.26. The van der Waals surface area contributed by atoms with E-state index in [-0.39, 0.29) is 5.91 Å². The Labute approximate surface area is 166 Å². The molecule has 3 aromatic rings. The minimum Gasteiger partial charge on any atom is -0.274 e. The van der Waals surface area contributed by atoms with Gasteiger partial charge < -0.3 is 0 Å². The molecule has 0 fully saturated rings. The van der Waals surface area contributed by atoms with E-state index in [0.717, 1.165) is 26.7 Å². The molecule has 1 heterocycles. The number of anilines is 2. The third kappa shape index (κ3) is 3.79. The molecule has 0 saturated heterocycles. The standard InChI is InChI=1S/C21H14ClN3OS/c22-16-7-5-6-15(12-16)13-23-24-14-21(26)25-17-8-1-3-10-19(17)27-20-11-4-2-9-18(20)25/h1-14H. The third-order valence-corrected chi connectivity index (χ3v) is 5.31. The van der Waals surface area contributed by atoms with Crippen LogP contribution < -0.4 is 4.90 Å². The SMILES string of the molecule is O=C(C=NN=Cc1cccc(Cl)c1)N1c2ccccc2Sc2ccccc21. The maximum atomic E-state index is 12.9. The minimum atomic E-state index is -0.251. The Bertz CT molecular complexity index is 1020. The summed E-state index contributed by atoms with van der Waals surface area (Å²) in [5, 5.41) is 8.51. The van der Waals surface area contributed by atoms with Crippen LogP contribution in [0.15, 0.2) is 92.8 Å². The number of para-hydroxylation sites is 2. The Morgan fingerprint density at radius 3 is 2.22 bits per heavy atom. The fourth-order valence-corrected chi connectivity index (χ4v) is 4.03. The molecule has 0 aromatic heterocycles. The van der Waals surface area contributed by atoms with Crippen molar-refractivity contribution in [1.82, 2.24) is 0 Å². The van der Waals surface area contributed by atoms with E-state index in [1.54, 1.807) is 35.0 Å². The van der Waals surface area contributed by atoms with E-state index in [2.05, 4.69) is 10.2 Å². The largest absolute Gasteiger partial charge is 0.275 e. The second-order valence-electron chi connectivity index (χ2n) is 5.76. The van der Waals surface area contributed by atoms with Gasteiger partial charge in [-0.05, 0) is 42.0 Å². The van der Waals surface area contributed by atoms with Gasteiger partial charge in [-0.15, -0.1) is 0 Å². The van der Waals surface area contributed by atoms with Crippen molar-refractivity contribution in [2.75, 3.05) is 4.90 Å². The number of amides is 1. The smallest absolute Gasteiger partial charge is 0.274 e. The predicted molar refractivity (Wildman–Crippen MR) is 112 cm³/mol. The molecule has 27 heavy (non-hydrogen) atoms. The van der Waals surface area contributed by atoms with Gasteiger partial charge in [-0.3, -0.25) is 9.69 Å². The maximum Gasteiger partial charge on any atom is 0.275 e. The van der Waals surface area contributed by atoms with Crippen molar-refractivity contribution >= 4 is 53.1 Å². The zero-order valence-corrected chi connectivity index (χ0v) is 15.7. The van der Waals surface area contributed by atoms with Crippen molar-refractivity contribution in [3.05, 3.63) is 83.4 Å². The highest BCUT2D eigenvalue weighted by molar-refractivity contribution is 7.99. The lowest BCUT2D eigenvalue weighted by Gasteiger charge is -2.29. The van der Waals surface area contributed by atoms with E-state index < -0.39 is 0 Å². The van der Waals surface area contributed by atoms with Crippen molar-refractivity contribution in [3.63, 3.8) is 0 Å². The van der Waals surface area contributed by atoms with Crippen LogP contribution in [0.2, 0.25) is 5.02 Å². The normalized spacial score (nSPS) is 13.0. The molecule has 0 aliphatic carbocycles. The molecule has 6 heteroatoms. The highest BCUT2D eigenvalue weighted by Crippen LogP contribution is 2.47. The molecule has 0 saturated carbocycles. The topological polar surface area (TPSA) is 45.0 Å². The molecule has 3 aromatic carbocycles. The van der Waals surface area contributed by atoms with Gasteiger partial charge in [0.25, 0.3) is 5.91 Å². The zero-order chi connectivity index (χ0) is 18.6. The second kappa shape index (κ2) is 7.78. The van der Waals surface area contributed by atoms with Crippen LogP contribution in [-0.4, -0.2) is 18.3 Å². The zero-order valence-electron chi connectivity index (χ0n) is 14.1. The number of rotatable bonds is 3. The Morgan fingerprint density at radius 2 is 1.56 bits per heavy atom. The molecule has 0 atom stereocenters. The van der Waals surface area contributed by atoms with Gasteiger partial charge in [-0.2, -0.15) is 10.2 Å². The summed E-state index contributed by atoms with van der Waals surface area (Å²) in [6.07, 6.45) is 2.79. The molecule has 0 unspecified atom stereocenters. The monoisotopic (exact) mass is 391 g/mol. The maximum absolute atomic E-state index is 12.9. The van der Waals surface area contributed by atoms with Crippen molar-refractivity contribution in [1.29, 1.82) is 0 Å². The average Bonchev–Trinajstić information content (AvgIpc) is 2.69.